The smallest absolute Gasteiger partial charge is 0.193 e. The molecule has 1 atom stereocenters. The SMILES string of the molecule is Cc1cccc2c1C(c1c3ccccc3cc3cccc(C)c13)c1ccccc1C2=O. The standard InChI is InChI=1S/C30H22O/c1-18-9-7-12-21-17-20-11-3-4-13-22(20)28(26(18)21)29-23-14-5-6-15-24(23)30(31)25-16-8-10-19(2)27(25)29/h3-17,29H,1-2H3. The first-order valence-corrected chi connectivity index (χ1v) is 10.8. The molecule has 1 aliphatic carbocycles. The number of rotatable bonds is 1. The first-order valence-electron chi connectivity index (χ1n) is 10.8. The number of ketones is 1. The van der Waals surface area contributed by atoms with Gasteiger partial charge in [-0.25, -0.2) is 0 Å². The number of aryl methyl sites for hydroxylation is 2. The Morgan fingerprint density at radius 2 is 1.29 bits per heavy atom. The zero-order valence-corrected chi connectivity index (χ0v) is 17.6. The average molecular weight is 399 g/mol. The van der Waals surface area contributed by atoms with Crippen LogP contribution in [0.3, 0.4) is 0 Å². The van der Waals surface area contributed by atoms with Crippen molar-refractivity contribution < 1.29 is 4.79 Å². The molecule has 0 fully saturated rings. The van der Waals surface area contributed by atoms with Gasteiger partial charge in [0.05, 0.1) is 0 Å². The fourth-order valence-corrected chi connectivity index (χ4v) is 5.47. The molecule has 0 heterocycles. The fourth-order valence-electron chi connectivity index (χ4n) is 5.47. The van der Waals surface area contributed by atoms with Crippen LogP contribution in [0.25, 0.3) is 21.5 Å². The minimum absolute atomic E-state index is 0.0137. The molecule has 148 valence electrons. The largest absolute Gasteiger partial charge is 0.289 e. The van der Waals surface area contributed by atoms with Crippen molar-refractivity contribution >= 4 is 27.3 Å². The van der Waals surface area contributed by atoms with Crippen LogP contribution in [0.15, 0.2) is 91.0 Å². The lowest BCUT2D eigenvalue weighted by atomic mass is 9.70. The quantitative estimate of drug-likeness (QED) is 0.265. The normalized spacial score (nSPS) is 15.2. The molecule has 0 amide bonds. The van der Waals surface area contributed by atoms with Gasteiger partial charge < -0.3 is 0 Å². The summed E-state index contributed by atoms with van der Waals surface area (Å²) in [4.78, 5) is 13.4. The molecule has 0 N–H and O–H groups in total. The van der Waals surface area contributed by atoms with E-state index in [0.29, 0.717) is 0 Å². The van der Waals surface area contributed by atoms with Gasteiger partial charge in [0.25, 0.3) is 0 Å². The van der Waals surface area contributed by atoms with Gasteiger partial charge in [0, 0.05) is 17.0 Å². The van der Waals surface area contributed by atoms with Gasteiger partial charge in [-0.3, -0.25) is 4.79 Å². The van der Waals surface area contributed by atoms with Crippen LogP contribution in [0.2, 0.25) is 0 Å². The second-order valence-corrected chi connectivity index (χ2v) is 8.57. The summed E-state index contributed by atoms with van der Waals surface area (Å²) in [5, 5.41) is 5.04. The van der Waals surface area contributed by atoms with Crippen molar-refractivity contribution in [2.75, 3.05) is 0 Å². The van der Waals surface area contributed by atoms with E-state index in [4.69, 9.17) is 0 Å². The van der Waals surface area contributed by atoms with Crippen molar-refractivity contribution in [3.8, 4) is 0 Å². The highest BCUT2D eigenvalue weighted by Gasteiger charge is 2.34. The lowest BCUT2D eigenvalue weighted by Crippen LogP contribution is -2.22. The summed E-state index contributed by atoms with van der Waals surface area (Å²) in [6, 6.07) is 31.7. The summed E-state index contributed by atoms with van der Waals surface area (Å²) in [5.41, 5.74) is 7.64. The molecule has 0 spiro atoms. The zero-order valence-electron chi connectivity index (χ0n) is 17.6. The molecule has 0 saturated carbocycles. The molecule has 5 aromatic carbocycles. The van der Waals surface area contributed by atoms with E-state index in [2.05, 4.69) is 80.6 Å². The van der Waals surface area contributed by atoms with Gasteiger partial charge in [-0.1, -0.05) is 84.9 Å². The maximum absolute atomic E-state index is 13.4. The highest BCUT2D eigenvalue weighted by Crippen LogP contribution is 2.47. The minimum atomic E-state index is 0.0137. The third-order valence-corrected chi connectivity index (χ3v) is 6.80. The van der Waals surface area contributed by atoms with Gasteiger partial charge in [0.15, 0.2) is 5.78 Å². The van der Waals surface area contributed by atoms with E-state index in [0.717, 1.165) is 22.3 Å². The molecule has 5 aromatic rings. The number of fused-ring (bicyclic) bond motifs is 4. The Bertz CT molecular complexity index is 1520. The molecule has 1 unspecified atom stereocenters. The Morgan fingerprint density at radius 1 is 0.613 bits per heavy atom. The van der Waals surface area contributed by atoms with Crippen LogP contribution < -0.4 is 0 Å². The van der Waals surface area contributed by atoms with Gasteiger partial charge in [-0.05, 0) is 69.3 Å². The van der Waals surface area contributed by atoms with Crippen molar-refractivity contribution in [2.24, 2.45) is 0 Å². The molecule has 1 aliphatic rings. The van der Waals surface area contributed by atoms with Crippen molar-refractivity contribution in [2.45, 2.75) is 19.8 Å². The third-order valence-electron chi connectivity index (χ3n) is 6.80. The molecule has 1 heteroatoms. The van der Waals surface area contributed by atoms with Crippen molar-refractivity contribution in [1.82, 2.24) is 0 Å². The zero-order chi connectivity index (χ0) is 21.1. The van der Waals surface area contributed by atoms with Crippen molar-refractivity contribution in [3.05, 3.63) is 130 Å². The summed E-state index contributed by atoms with van der Waals surface area (Å²) in [6.07, 6.45) is 0. The maximum Gasteiger partial charge on any atom is 0.193 e. The highest BCUT2D eigenvalue weighted by atomic mass is 16.1. The van der Waals surface area contributed by atoms with Crippen LogP contribution in [0.5, 0.6) is 0 Å². The van der Waals surface area contributed by atoms with Crippen LogP contribution in [-0.4, -0.2) is 5.78 Å². The second kappa shape index (κ2) is 6.65. The molecular formula is C30H22O. The topological polar surface area (TPSA) is 17.1 Å². The lowest BCUT2D eigenvalue weighted by Gasteiger charge is -2.31. The van der Waals surface area contributed by atoms with Crippen LogP contribution in [-0.2, 0) is 0 Å². The Balaban J connectivity index is 1.85. The monoisotopic (exact) mass is 398 g/mol. The first-order chi connectivity index (χ1) is 15.1. The Labute approximate surface area is 182 Å². The molecule has 0 radical (unpaired) electrons. The molecule has 0 aromatic heterocycles. The summed E-state index contributed by atoms with van der Waals surface area (Å²) >= 11 is 0. The summed E-state index contributed by atoms with van der Waals surface area (Å²) in [7, 11) is 0. The molecule has 1 nitrogen and oxygen atoms in total. The van der Waals surface area contributed by atoms with Crippen molar-refractivity contribution in [3.63, 3.8) is 0 Å². The van der Waals surface area contributed by atoms with Crippen molar-refractivity contribution in [1.29, 1.82) is 0 Å². The third kappa shape index (κ3) is 2.53. The Hall–Kier alpha value is -3.71. The number of benzene rings is 5. The maximum atomic E-state index is 13.4. The van der Waals surface area contributed by atoms with E-state index in [1.807, 2.05) is 24.3 Å². The summed E-state index contributed by atoms with van der Waals surface area (Å²) in [6.45, 7) is 4.33. The number of carbonyl (C=O) groups is 1. The van der Waals surface area contributed by atoms with Crippen LogP contribution in [0.4, 0.5) is 0 Å². The van der Waals surface area contributed by atoms with E-state index < -0.39 is 0 Å². The van der Waals surface area contributed by atoms with E-state index in [-0.39, 0.29) is 11.7 Å². The summed E-state index contributed by atoms with van der Waals surface area (Å²) in [5.74, 6) is 0.145. The number of hydrogen-bond acceptors (Lipinski definition) is 1. The highest BCUT2D eigenvalue weighted by molar-refractivity contribution is 6.14. The number of carbonyl (C=O) groups excluding carboxylic acids is 1. The van der Waals surface area contributed by atoms with Gasteiger partial charge in [-0.2, -0.15) is 0 Å². The fraction of sp³-hybridized carbons (Fsp3) is 0.100. The molecule has 0 bridgehead atoms. The molecule has 0 aliphatic heterocycles. The van der Waals surface area contributed by atoms with Gasteiger partial charge >= 0.3 is 0 Å². The predicted molar refractivity (Wildman–Crippen MR) is 128 cm³/mol. The molecule has 31 heavy (non-hydrogen) atoms. The number of hydrogen-bond donors (Lipinski definition) is 0. The Morgan fingerprint density at radius 3 is 2.19 bits per heavy atom. The lowest BCUT2D eigenvalue weighted by molar-refractivity contribution is 0.103. The second-order valence-electron chi connectivity index (χ2n) is 8.57. The van der Waals surface area contributed by atoms with Gasteiger partial charge in [0.2, 0.25) is 0 Å². The van der Waals surface area contributed by atoms with Gasteiger partial charge in [-0.15, -0.1) is 0 Å². The summed E-state index contributed by atoms with van der Waals surface area (Å²) < 4.78 is 0. The molecule has 6 rings (SSSR count). The van der Waals surface area contributed by atoms with Crippen LogP contribution >= 0.6 is 0 Å². The van der Waals surface area contributed by atoms with E-state index >= 15 is 0 Å². The minimum Gasteiger partial charge on any atom is -0.289 e. The van der Waals surface area contributed by atoms with E-state index in [1.165, 1.54) is 38.2 Å². The van der Waals surface area contributed by atoms with E-state index in [9.17, 15) is 4.79 Å². The Kier molecular flexibility index (Phi) is 3.88. The molecule has 0 saturated heterocycles. The average Bonchev–Trinajstić information content (AvgIpc) is 2.79. The van der Waals surface area contributed by atoms with Gasteiger partial charge in [0.1, 0.15) is 0 Å². The molecular weight excluding hydrogens is 376 g/mol. The van der Waals surface area contributed by atoms with E-state index in [1.54, 1.807) is 0 Å². The predicted octanol–water partition coefficient (Wildman–Crippen LogP) is 7.33. The van der Waals surface area contributed by atoms with Crippen LogP contribution in [0, 0.1) is 13.8 Å². The van der Waals surface area contributed by atoms with Crippen LogP contribution in [0.1, 0.15) is 49.7 Å². The first kappa shape index (κ1) is 18.1.